The number of fused-ring (bicyclic) bond motifs is 1. The topological polar surface area (TPSA) is 38.0 Å². The number of piperidine rings is 1. The predicted molar refractivity (Wildman–Crippen MR) is 51.1 cm³/mol. The third kappa shape index (κ3) is 1.48. The molecule has 4 unspecified atom stereocenters. The first kappa shape index (κ1) is 8.79. The summed E-state index contributed by atoms with van der Waals surface area (Å²) in [6.45, 7) is 1.04. The third-order valence-electron chi connectivity index (χ3n) is 3.37. The molecule has 2 nitrogen and oxygen atoms in total. The molecule has 1 aliphatic heterocycles. The molecule has 1 saturated heterocycles. The summed E-state index contributed by atoms with van der Waals surface area (Å²) < 4.78 is 0. The van der Waals surface area contributed by atoms with Crippen LogP contribution in [-0.4, -0.2) is 18.1 Å². The van der Waals surface area contributed by atoms with Gasteiger partial charge in [-0.1, -0.05) is 6.42 Å². The molecular formula is C9H17ClN2. The molecular weight excluding hydrogens is 172 g/mol. The van der Waals surface area contributed by atoms with Gasteiger partial charge in [0.1, 0.15) is 0 Å². The lowest BCUT2D eigenvalue weighted by Crippen LogP contribution is -2.51. The molecule has 1 aliphatic carbocycles. The van der Waals surface area contributed by atoms with E-state index in [1.807, 2.05) is 0 Å². The summed E-state index contributed by atoms with van der Waals surface area (Å²) >= 11 is 6.19. The molecule has 3 heteroatoms. The van der Waals surface area contributed by atoms with Gasteiger partial charge in [-0.2, -0.15) is 0 Å². The highest BCUT2D eigenvalue weighted by atomic mass is 35.5. The molecule has 2 rings (SSSR count). The summed E-state index contributed by atoms with van der Waals surface area (Å²) in [6.07, 6.45) is 4.94. The van der Waals surface area contributed by atoms with Gasteiger partial charge in [0.25, 0.3) is 0 Å². The van der Waals surface area contributed by atoms with Gasteiger partial charge in [0.2, 0.25) is 0 Å². The van der Waals surface area contributed by atoms with E-state index in [-0.39, 0.29) is 5.50 Å². The van der Waals surface area contributed by atoms with Crippen LogP contribution in [0.1, 0.15) is 25.7 Å². The van der Waals surface area contributed by atoms with Crippen LogP contribution in [-0.2, 0) is 0 Å². The maximum atomic E-state index is 6.19. The Bertz CT molecular complexity index is 145. The van der Waals surface area contributed by atoms with Crippen LogP contribution < -0.4 is 11.1 Å². The van der Waals surface area contributed by atoms with Gasteiger partial charge < -0.3 is 11.1 Å². The molecule has 70 valence electrons. The minimum Gasteiger partial charge on any atom is -0.327 e. The lowest BCUT2D eigenvalue weighted by atomic mass is 9.73. The molecule has 3 N–H and O–H groups in total. The largest absolute Gasteiger partial charge is 0.327 e. The lowest BCUT2D eigenvalue weighted by molar-refractivity contribution is 0.145. The van der Waals surface area contributed by atoms with Crippen molar-refractivity contribution in [1.82, 2.24) is 5.32 Å². The first-order valence-corrected chi connectivity index (χ1v) is 5.35. The Labute approximate surface area is 78.8 Å². The maximum Gasteiger partial charge on any atom is 0.0857 e. The zero-order valence-electron chi connectivity index (χ0n) is 7.30. The van der Waals surface area contributed by atoms with E-state index in [1.165, 1.54) is 25.7 Å². The number of hydrogen-bond donors (Lipinski definition) is 2. The van der Waals surface area contributed by atoms with Crippen molar-refractivity contribution in [3.05, 3.63) is 0 Å². The highest BCUT2D eigenvalue weighted by Gasteiger charge is 2.37. The number of nitrogens with two attached hydrogens (primary N) is 1. The smallest absolute Gasteiger partial charge is 0.0857 e. The van der Waals surface area contributed by atoms with Crippen molar-refractivity contribution in [1.29, 1.82) is 0 Å². The molecule has 2 aliphatic rings. The Kier molecular flexibility index (Phi) is 2.58. The van der Waals surface area contributed by atoms with Crippen LogP contribution >= 0.6 is 11.6 Å². The monoisotopic (exact) mass is 188 g/mol. The summed E-state index contributed by atoms with van der Waals surface area (Å²) in [5, 5.41) is 3.31. The molecule has 4 atom stereocenters. The molecule has 0 spiro atoms. The number of alkyl halides is 1. The zero-order valence-corrected chi connectivity index (χ0v) is 8.06. The van der Waals surface area contributed by atoms with Crippen molar-refractivity contribution >= 4 is 11.6 Å². The Morgan fingerprint density at radius 3 is 2.75 bits per heavy atom. The molecule has 0 aromatic heterocycles. The van der Waals surface area contributed by atoms with Gasteiger partial charge >= 0.3 is 0 Å². The Morgan fingerprint density at radius 1 is 1.17 bits per heavy atom. The van der Waals surface area contributed by atoms with Crippen LogP contribution in [0.15, 0.2) is 0 Å². The lowest BCUT2D eigenvalue weighted by Gasteiger charge is -2.42. The summed E-state index contributed by atoms with van der Waals surface area (Å²) in [7, 11) is 0. The molecule has 0 radical (unpaired) electrons. The molecule has 1 saturated carbocycles. The Hall–Kier alpha value is 0.210. The average Bonchev–Trinajstić information content (AvgIpc) is 2.07. The summed E-state index contributed by atoms with van der Waals surface area (Å²) in [4.78, 5) is 0. The molecule has 0 aromatic rings. The van der Waals surface area contributed by atoms with Crippen molar-refractivity contribution in [3.63, 3.8) is 0 Å². The molecule has 12 heavy (non-hydrogen) atoms. The minimum absolute atomic E-state index is 0.176. The SMILES string of the molecule is NC1CCCC2C(Cl)NCCC12. The zero-order chi connectivity index (χ0) is 8.55. The molecule has 0 aromatic carbocycles. The van der Waals surface area contributed by atoms with E-state index in [0.717, 1.165) is 6.54 Å². The van der Waals surface area contributed by atoms with Crippen LogP contribution in [0.2, 0.25) is 0 Å². The van der Waals surface area contributed by atoms with Gasteiger partial charge in [-0.3, -0.25) is 0 Å². The fourth-order valence-electron chi connectivity index (χ4n) is 2.67. The second-order valence-corrected chi connectivity index (χ2v) is 4.54. The number of nitrogens with one attached hydrogen (secondary N) is 1. The Balaban J connectivity index is 2.05. The van der Waals surface area contributed by atoms with Crippen molar-refractivity contribution in [2.75, 3.05) is 6.54 Å². The fourth-order valence-corrected chi connectivity index (χ4v) is 3.09. The van der Waals surface area contributed by atoms with Crippen LogP contribution in [0, 0.1) is 11.8 Å². The van der Waals surface area contributed by atoms with Gasteiger partial charge in [0.05, 0.1) is 5.50 Å². The van der Waals surface area contributed by atoms with E-state index in [2.05, 4.69) is 5.32 Å². The normalized spacial score (nSPS) is 48.5. The molecule has 0 amide bonds. The van der Waals surface area contributed by atoms with Crippen LogP contribution in [0.5, 0.6) is 0 Å². The van der Waals surface area contributed by atoms with Crippen molar-refractivity contribution in [2.45, 2.75) is 37.2 Å². The molecule has 0 bridgehead atoms. The van der Waals surface area contributed by atoms with Crippen molar-refractivity contribution in [3.8, 4) is 0 Å². The van der Waals surface area contributed by atoms with E-state index in [0.29, 0.717) is 17.9 Å². The molecule has 2 fully saturated rings. The average molecular weight is 189 g/mol. The highest BCUT2D eigenvalue weighted by molar-refractivity contribution is 6.20. The van der Waals surface area contributed by atoms with E-state index in [4.69, 9.17) is 17.3 Å². The first-order valence-electron chi connectivity index (χ1n) is 4.92. The van der Waals surface area contributed by atoms with Gasteiger partial charge in [-0.15, -0.1) is 11.6 Å². The van der Waals surface area contributed by atoms with Gasteiger partial charge in [0, 0.05) is 6.04 Å². The standard InChI is InChI=1S/C9H17ClN2/c10-9-7-2-1-3-8(11)6(7)4-5-12-9/h6-9,12H,1-5,11H2. The fraction of sp³-hybridized carbons (Fsp3) is 1.00. The molecule has 1 heterocycles. The van der Waals surface area contributed by atoms with E-state index in [1.54, 1.807) is 0 Å². The maximum absolute atomic E-state index is 6.19. The summed E-state index contributed by atoms with van der Waals surface area (Å²) in [5.41, 5.74) is 6.24. The van der Waals surface area contributed by atoms with Crippen molar-refractivity contribution < 1.29 is 0 Å². The van der Waals surface area contributed by atoms with Crippen LogP contribution in [0.3, 0.4) is 0 Å². The minimum atomic E-state index is 0.176. The number of hydrogen-bond acceptors (Lipinski definition) is 2. The second-order valence-electron chi connectivity index (χ2n) is 4.07. The van der Waals surface area contributed by atoms with E-state index >= 15 is 0 Å². The third-order valence-corrected chi connectivity index (χ3v) is 3.85. The van der Waals surface area contributed by atoms with Crippen molar-refractivity contribution in [2.24, 2.45) is 17.6 Å². The Morgan fingerprint density at radius 2 is 2.00 bits per heavy atom. The number of halogens is 1. The summed E-state index contributed by atoms with van der Waals surface area (Å²) in [5.74, 6) is 1.31. The van der Waals surface area contributed by atoms with Gasteiger partial charge in [-0.05, 0) is 37.6 Å². The summed E-state index contributed by atoms with van der Waals surface area (Å²) in [6, 6.07) is 0.409. The van der Waals surface area contributed by atoms with E-state index < -0.39 is 0 Å². The number of rotatable bonds is 0. The van der Waals surface area contributed by atoms with Crippen LogP contribution in [0.4, 0.5) is 0 Å². The second kappa shape index (κ2) is 3.52. The van der Waals surface area contributed by atoms with E-state index in [9.17, 15) is 0 Å². The quantitative estimate of drug-likeness (QED) is 0.444. The first-order chi connectivity index (χ1) is 5.79. The van der Waals surface area contributed by atoms with Gasteiger partial charge in [-0.25, -0.2) is 0 Å². The predicted octanol–water partition coefficient (Wildman–Crippen LogP) is 1.29. The van der Waals surface area contributed by atoms with Crippen LogP contribution in [0.25, 0.3) is 0 Å². The van der Waals surface area contributed by atoms with Gasteiger partial charge in [0.15, 0.2) is 0 Å². The highest BCUT2D eigenvalue weighted by Crippen LogP contribution is 2.37.